The number of hydrogen-bond donors (Lipinski definition) is 1. The van der Waals surface area contributed by atoms with E-state index >= 15 is 0 Å². The first kappa shape index (κ1) is 27.7. The van der Waals surface area contributed by atoms with Crippen LogP contribution in [0.2, 0.25) is 0 Å². The predicted molar refractivity (Wildman–Crippen MR) is 142 cm³/mol. The molecule has 1 fully saturated rings. The largest absolute Gasteiger partial charge is 0.496 e. The number of nitrogens with zero attached hydrogens (tertiary/aromatic N) is 4. The first-order valence-corrected chi connectivity index (χ1v) is 14.0. The van der Waals surface area contributed by atoms with Crippen LogP contribution in [0, 0.1) is 0 Å². The van der Waals surface area contributed by atoms with E-state index in [1.165, 1.54) is 7.11 Å². The van der Waals surface area contributed by atoms with Gasteiger partial charge >= 0.3 is 12.1 Å². The van der Waals surface area contributed by atoms with Crippen molar-refractivity contribution in [2.24, 2.45) is 0 Å². The normalized spacial score (nSPS) is 17.8. The molecule has 2 aliphatic heterocycles. The Balaban J connectivity index is 1.60. The average molecular weight is 577 g/mol. The second-order valence-corrected chi connectivity index (χ2v) is 11.5. The number of carbonyl (C=O) groups is 1. The lowest BCUT2D eigenvalue weighted by molar-refractivity contribution is -0.138. The highest BCUT2D eigenvalue weighted by Crippen LogP contribution is 2.42. The maximum Gasteiger partial charge on any atom is 0.416 e. The molecule has 3 heterocycles. The number of methoxy groups -OCH3 is 1. The van der Waals surface area contributed by atoms with Crippen molar-refractivity contribution in [3.8, 4) is 16.9 Å². The Morgan fingerprint density at radius 2 is 1.88 bits per heavy atom. The Hall–Kier alpha value is -3.84. The standard InChI is InChI=1S/C27H27F3N4O5S/c1-39-24-8-3-2-7-22(24)18-13-23-26(31-15-18)33-12-11-32(10-9-25(35)36)16-20(33)17-34(23)40(37,38)21-6-4-5-19(14-21)27(28,29)30/h2-8,13-15,20H,9-12,16-17H2,1H3,(H,35,36)/t20-/m0/s1. The number of carboxylic acids is 1. The highest BCUT2D eigenvalue weighted by molar-refractivity contribution is 7.92. The third kappa shape index (κ3) is 5.30. The smallest absolute Gasteiger partial charge is 0.416 e. The molecule has 0 radical (unpaired) electrons. The zero-order chi connectivity index (χ0) is 28.7. The topological polar surface area (TPSA) is 103 Å². The van der Waals surface area contributed by atoms with Gasteiger partial charge in [0.05, 0.1) is 42.3 Å². The van der Waals surface area contributed by atoms with Crippen molar-refractivity contribution in [1.82, 2.24) is 9.88 Å². The maximum absolute atomic E-state index is 14.0. The first-order chi connectivity index (χ1) is 19.0. The van der Waals surface area contributed by atoms with Gasteiger partial charge in [0.15, 0.2) is 5.82 Å². The fraction of sp³-hybridized carbons (Fsp3) is 0.333. The number of anilines is 2. The van der Waals surface area contributed by atoms with Gasteiger partial charge in [-0.2, -0.15) is 13.2 Å². The number of carboxylic acid groups (broad SMARTS) is 1. The van der Waals surface area contributed by atoms with Gasteiger partial charge in [-0.25, -0.2) is 13.4 Å². The van der Waals surface area contributed by atoms with Crippen LogP contribution in [0.3, 0.4) is 0 Å². The third-order valence-corrected chi connectivity index (χ3v) is 8.92. The molecule has 1 saturated heterocycles. The Morgan fingerprint density at radius 3 is 2.60 bits per heavy atom. The number of ether oxygens (including phenoxy) is 1. The summed E-state index contributed by atoms with van der Waals surface area (Å²) in [4.78, 5) is 19.2. The maximum atomic E-state index is 14.0. The molecule has 0 bridgehead atoms. The number of sulfonamides is 1. The zero-order valence-electron chi connectivity index (χ0n) is 21.5. The van der Waals surface area contributed by atoms with Gasteiger partial charge in [-0.05, 0) is 30.3 Å². The summed E-state index contributed by atoms with van der Waals surface area (Å²) in [5.74, 6) is 0.0105. The molecular formula is C27H27F3N4O5S. The van der Waals surface area contributed by atoms with Gasteiger partial charge in [0, 0.05) is 43.5 Å². The van der Waals surface area contributed by atoms with E-state index < -0.39 is 32.6 Å². The molecule has 0 saturated carbocycles. The predicted octanol–water partition coefficient (Wildman–Crippen LogP) is 3.95. The number of fused-ring (bicyclic) bond motifs is 3. The van der Waals surface area contributed by atoms with E-state index in [0.29, 0.717) is 54.9 Å². The summed E-state index contributed by atoms with van der Waals surface area (Å²) in [7, 11) is -2.93. The minimum atomic E-state index is -4.71. The Kier molecular flexibility index (Phi) is 7.36. The Bertz CT molecular complexity index is 1530. The third-order valence-electron chi connectivity index (χ3n) is 7.14. The molecular weight excluding hydrogens is 549 g/mol. The molecule has 9 nitrogen and oxygen atoms in total. The number of para-hydroxylation sites is 1. The molecule has 40 heavy (non-hydrogen) atoms. The Morgan fingerprint density at radius 1 is 1.10 bits per heavy atom. The fourth-order valence-electron chi connectivity index (χ4n) is 5.17. The van der Waals surface area contributed by atoms with E-state index in [1.54, 1.807) is 36.5 Å². The number of benzene rings is 2. The van der Waals surface area contributed by atoms with E-state index in [-0.39, 0.29) is 24.7 Å². The number of aromatic nitrogens is 1. The summed E-state index contributed by atoms with van der Waals surface area (Å²) in [6, 6.07) is 12.1. The zero-order valence-corrected chi connectivity index (χ0v) is 22.3. The van der Waals surface area contributed by atoms with E-state index in [4.69, 9.17) is 9.84 Å². The minimum absolute atomic E-state index is 0.0494. The summed E-state index contributed by atoms with van der Waals surface area (Å²) in [5.41, 5.74) is 0.443. The van der Waals surface area contributed by atoms with Crippen LogP contribution in [0.4, 0.5) is 24.7 Å². The molecule has 0 amide bonds. The number of aliphatic carboxylic acids is 1. The van der Waals surface area contributed by atoms with Gasteiger partial charge in [0.2, 0.25) is 0 Å². The van der Waals surface area contributed by atoms with Crippen LogP contribution < -0.4 is 13.9 Å². The van der Waals surface area contributed by atoms with Crippen molar-refractivity contribution in [1.29, 1.82) is 0 Å². The summed E-state index contributed by atoms with van der Waals surface area (Å²) < 4.78 is 74.9. The summed E-state index contributed by atoms with van der Waals surface area (Å²) >= 11 is 0. The van der Waals surface area contributed by atoms with Crippen LogP contribution in [0.15, 0.2) is 65.7 Å². The van der Waals surface area contributed by atoms with Gasteiger partial charge in [0.25, 0.3) is 10.0 Å². The van der Waals surface area contributed by atoms with Crippen LogP contribution in [0.1, 0.15) is 12.0 Å². The molecule has 1 aromatic heterocycles. The number of pyridine rings is 1. The van der Waals surface area contributed by atoms with Gasteiger partial charge in [0.1, 0.15) is 5.75 Å². The second kappa shape index (κ2) is 10.6. The molecule has 212 valence electrons. The summed E-state index contributed by atoms with van der Waals surface area (Å²) in [5, 5.41) is 9.09. The van der Waals surface area contributed by atoms with Crippen LogP contribution in [0.25, 0.3) is 11.1 Å². The fourth-order valence-corrected chi connectivity index (χ4v) is 6.71. The summed E-state index contributed by atoms with van der Waals surface area (Å²) in [6.07, 6.45) is -3.16. The first-order valence-electron chi connectivity index (χ1n) is 12.5. The molecule has 2 aromatic carbocycles. The average Bonchev–Trinajstić information content (AvgIpc) is 2.94. The number of hydrogen-bond acceptors (Lipinski definition) is 7. The van der Waals surface area contributed by atoms with Gasteiger partial charge in [-0.3, -0.25) is 14.0 Å². The lowest BCUT2D eigenvalue weighted by Crippen LogP contribution is -2.61. The van der Waals surface area contributed by atoms with Crippen LogP contribution in [-0.2, 0) is 21.0 Å². The Labute approximate surface area is 229 Å². The number of piperazine rings is 1. The van der Waals surface area contributed by atoms with E-state index in [2.05, 4.69) is 4.98 Å². The molecule has 13 heteroatoms. The minimum Gasteiger partial charge on any atom is -0.496 e. The van der Waals surface area contributed by atoms with Gasteiger partial charge in [-0.15, -0.1) is 0 Å². The van der Waals surface area contributed by atoms with E-state index in [1.807, 2.05) is 9.80 Å². The van der Waals surface area contributed by atoms with Crippen LogP contribution in [-0.4, -0.2) is 75.3 Å². The molecule has 1 N–H and O–H groups in total. The summed E-state index contributed by atoms with van der Waals surface area (Å²) in [6.45, 7) is 1.66. The molecule has 0 aliphatic carbocycles. The van der Waals surface area contributed by atoms with Gasteiger partial charge < -0.3 is 14.7 Å². The number of rotatable bonds is 7. The second-order valence-electron chi connectivity index (χ2n) is 9.62. The molecule has 0 unspecified atom stereocenters. The highest BCUT2D eigenvalue weighted by Gasteiger charge is 2.41. The monoisotopic (exact) mass is 576 g/mol. The van der Waals surface area contributed by atoms with Gasteiger partial charge in [-0.1, -0.05) is 24.3 Å². The molecule has 1 atom stereocenters. The molecule has 2 aliphatic rings. The van der Waals surface area contributed by atoms with E-state index in [9.17, 15) is 26.4 Å². The lowest BCUT2D eigenvalue weighted by atomic mass is 10.0. The van der Waals surface area contributed by atoms with Crippen LogP contribution in [0.5, 0.6) is 5.75 Å². The quantitative estimate of drug-likeness (QED) is 0.451. The van der Waals surface area contributed by atoms with Crippen LogP contribution >= 0.6 is 0 Å². The van der Waals surface area contributed by atoms with Crippen molar-refractivity contribution in [2.45, 2.75) is 23.5 Å². The lowest BCUT2D eigenvalue weighted by Gasteiger charge is -2.48. The molecule has 5 rings (SSSR count). The van der Waals surface area contributed by atoms with E-state index in [0.717, 1.165) is 22.5 Å². The number of halogens is 3. The number of alkyl halides is 3. The van der Waals surface area contributed by atoms with Crippen molar-refractivity contribution in [2.75, 3.05) is 49.0 Å². The molecule has 0 spiro atoms. The van der Waals surface area contributed by atoms with Crippen molar-refractivity contribution >= 4 is 27.5 Å². The highest BCUT2D eigenvalue weighted by atomic mass is 32.2. The van der Waals surface area contributed by atoms with Crippen molar-refractivity contribution in [3.63, 3.8) is 0 Å². The SMILES string of the molecule is COc1ccccc1-c1cnc2c(c1)N(S(=O)(=O)c1cccc(C(F)(F)F)c1)C[C@@H]1CN(CCC(=O)O)CCN21. The molecule has 3 aromatic rings. The van der Waals surface area contributed by atoms with Crippen molar-refractivity contribution < 1.29 is 36.2 Å². The van der Waals surface area contributed by atoms with Crippen molar-refractivity contribution in [3.05, 3.63) is 66.4 Å².